The molecule has 0 aliphatic carbocycles. The summed E-state index contributed by atoms with van der Waals surface area (Å²) in [5.41, 5.74) is 0. The number of rotatable bonds is 46. The molecule has 6 heteroatoms. The summed E-state index contributed by atoms with van der Waals surface area (Å²) in [6.45, 7) is 6.40. The highest BCUT2D eigenvalue weighted by atomic mass is 16.6. The molecule has 0 heterocycles. The van der Waals surface area contributed by atoms with Crippen molar-refractivity contribution in [2.45, 2.75) is 245 Å². The fourth-order valence-corrected chi connectivity index (χ4v) is 6.99. The molecular formula is C57H96O6. The molecule has 63 heavy (non-hydrogen) atoms. The van der Waals surface area contributed by atoms with Gasteiger partial charge in [-0.2, -0.15) is 0 Å². The van der Waals surface area contributed by atoms with E-state index in [-0.39, 0.29) is 37.5 Å². The average Bonchev–Trinajstić information content (AvgIpc) is 3.28. The molecule has 0 bridgehead atoms. The highest BCUT2D eigenvalue weighted by molar-refractivity contribution is 5.71. The van der Waals surface area contributed by atoms with Crippen molar-refractivity contribution in [3.63, 3.8) is 0 Å². The molecule has 6 nitrogen and oxygen atoms in total. The molecule has 0 aromatic rings. The lowest BCUT2D eigenvalue weighted by molar-refractivity contribution is -0.166. The lowest BCUT2D eigenvalue weighted by Crippen LogP contribution is -2.30. The maximum absolute atomic E-state index is 12.8. The van der Waals surface area contributed by atoms with Crippen molar-refractivity contribution in [1.29, 1.82) is 0 Å². The van der Waals surface area contributed by atoms with E-state index in [0.29, 0.717) is 19.3 Å². The van der Waals surface area contributed by atoms with Crippen LogP contribution in [-0.2, 0) is 28.6 Å². The normalized spacial score (nSPS) is 12.7. The molecule has 0 amide bonds. The Hall–Kier alpha value is -3.41. The third-order valence-electron chi connectivity index (χ3n) is 10.9. The molecule has 0 rings (SSSR count). The van der Waals surface area contributed by atoms with Gasteiger partial charge in [0.25, 0.3) is 0 Å². The zero-order valence-electron chi connectivity index (χ0n) is 41.1. The zero-order chi connectivity index (χ0) is 45.8. The van der Waals surface area contributed by atoms with Crippen molar-refractivity contribution in [2.24, 2.45) is 0 Å². The number of hydrogen-bond acceptors (Lipinski definition) is 6. The Bertz CT molecular complexity index is 1240. The van der Waals surface area contributed by atoms with Crippen molar-refractivity contribution in [1.82, 2.24) is 0 Å². The molecule has 0 saturated heterocycles. The van der Waals surface area contributed by atoms with Gasteiger partial charge in [-0.25, -0.2) is 0 Å². The van der Waals surface area contributed by atoms with Gasteiger partial charge in [0, 0.05) is 19.3 Å². The molecule has 0 fully saturated rings. The minimum Gasteiger partial charge on any atom is -0.462 e. The minimum absolute atomic E-state index is 0.103. The van der Waals surface area contributed by atoms with Gasteiger partial charge < -0.3 is 14.2 Å². The molecular weight excluding hydrogens is 781 g/mol. The van der Waals surface area contributed by atoms with E-state index < -0.39 is 6.10 Å². The van der Waals surface area contributed by atoms with Crippen LogP contribution in [0.4, 0.5) is 0 Å². The Labute approximate surface area is 388 Å². The number of esters is 3. The first kappa shape index (κ1) is 59.6. The van der Waals surface area contributed by atoms with Crippen molar-refractivity contribution in [3.8, 4) is 0 Å². The number of unbranched alkanes of at least 4 members (excludes halogenated alkanes) is 23. The first-order valence-corrected chi connectivity index (χ1v) is 26.1. The number of ether oxygens (including phenoxy) is 3. The van der Waals surface area contributed by atoms with Gasteiger partial charge >= 0.3 is 17.9 Å². The van der Waals surface area contributed by atoms with Crippen molar-refractivity contribution < 1.29 is 28.6 Å². The summed E-state index contributed by atoms with van der Waals surface area (Å²) in [5, 5.41) is 0. The molecule has 0 radical (unpaired) electrons. The van der Waals surface area contributed by atoms with Crippen LogP contribution in [0.5, 0.6) is 0 Å². The van der Waals surface area contributed by atoms with E-state index in [2.05, 4.69) is 99.8 Å². The van der Waals surface area contributed by atoms with Gasteiger partial charge in [-0.1, -0.05) is 215 Å². The van der Waals surface area contributed by atoms with E-state index in [1.54, 1.807) is 0 Å². The van der Waals surface area contributed by atoms with Crippen LogP contribution < -0.4 is 0 Å². The summed E-state index contributed by atoms with van der Waals surface area (Å²) in [6, 6.07) is 0. The van der Waals surface area contributed by atoms with E-state index in [1.165, 1.54) is 109 Å². The van der Waals surface area contributed by atoms with E-state index in [4.69, 9.17) is 14.2 Å². The molecule has 0 aromatic heterocycles. The molecule has 1 unspecified atom stereocenters. The second-order valence-corrected chi connectivity index (χ2v) is 17.1. The van der Waals surface area contributed by atoms with Gasteiger partial charge in [-0.3, -0.25) is 14.4 Å². The van der Waals surface area contributed by atoms with Gasteiger partial charge in [-0.15, -0.1) is 0 Å². The number of carbonyl (C=O) groups excluding carboxylic acids is 3. The lowest BCUT2D eigenvalue weighted by atomic mass is 10.1. The number of allylic oxidation sites excluding steroid dienone is 14. The minimum atomic E-state index is -0.808. The monoisotopic (exact) mass is 877 g/mol. The van der Waals surface area contributed by atoms with E-state index in [0.717, 1.165) is 83.5 Å². The van der Waals surface area contributed by atoms with Crippen LogP contribution in [0.3, 0.4) is 0 Å². The Morgan fingerprint density at radius 3 is 1.21 bits per heavy atom. The first-order valence-electron chi connectivity index (χ1n) is 26.1. The second kappa shape index (κ2) is 51.2. The summed E-state index contributed by atoms with van der Waals surface area (Å²) >= 11 is 0. The van der Waals surface area contributed by atoms with Crippen molar-refractivity contribution >= 4 is 17.9 Å². The molecule has 0 aliphatic rings. The Morgan fingerprint density at radius 2 is 0.714 bits per heavy atom. The molecule has 0 aromatic carbocycles. The van der Waals surface area contributed by atoms with E-state index in [1.807, 2.05) is 6.08 Å². The fraction of sp³-hybridized carbons (Fsp3) is 0.702. The molecule has 360 valence electrons. The Balaban J connectivity index is 4.47. The topological polar surface area (TPSA) is 78.9 Å². The largest absolute Gasteiger partial charge is 0.462 e. The van der Waals surface area contributed by atoms with Crippen LogP contribution >= 0.6 is 0 Å². The van der Waals surface area contributed by atoms with Crippen LogP contribution in [0.15, 0.2) is 85.1 Å². The van der Waals surface area contributed by atoms with Gasteiger partial charge in [0.15, 0.2) is 6.10 Å². The summed E-state index contributed by atoms with van der Waals surface area (Å²) in [7, 11) is 0. The first-order chi connectivity index (χ1) is 31.0. The highest BCUT2D eigenvalue weighted by Gasteiger charge is 2.19. The van der Waals surface area contributed by atoms with E-state index >= 15 is 0 Å². The third kappa shape index (κ3) is 49.5. The maximum Gasteiger partial charge on any atom is 0.306 e. The summed E-state index contributed by atoms with van der Waals surface area (Å²) in [6.07, 6.45) is 65.7. The summed E-state index contributed by atoms with van der Waals surface area (Å²) in [4.78, 5) is 38.0. The van der Waals surface area contributed by atoms with Crippen LogP contribution in [0.1, 0.15) is 239 Å². The average molecular weight is 877 g/mol. The molecule has 0 spiro atoms. The maximum atomic E-state index is 12.8. The van der Waals surface area contributed by atoms with E-state index in [9.17, 15) is 14.4 Å². The standard InChI is InChI=1S/C57H96O6/c1-4-7-10-13-16-19-22-25-27-28-30-32-35-38-41-44-47-50-56(59)62-53-54(52-61-55(58)49-46-43-40-37-34-31-24-21-18-15-12-9-6-3)63-57(60)51-48-45-42-39-36-33-29-26-23-20-17-14-11-8-5-2/h8,11,14,16-17,19-20,23,25,27,31,34,40,43,54H,4-7,9-10,12-13,15,18,21-22,24,26,28-30,32-33,35-39,41-42,44-53H2,1-3H3/b11-8+,17-14+,19-16+,23-20+,27-25+,34-31+,43-40+. The van der Waals surface area contributed by atoms with Gasteiger partial charge in [0.1, 0.15) is 13.2 Å². The fourth-order valence-electron chi connectivity index (χ4n) is 6.99. The Kier molecular flexibility index (Phi) is 48.5. The highest BCUT2D eigenvalue weighted by Crippen LogP contribution is 2.14. The van der Waals surface area contributed by atoms with Crippen LogP contribution in [-0.4, -0.2) is 37.2 Å². The molecule has 0 saturated carbocycles. The van der Waals surface area contributed by atoms with Gasteiger partial charge in [0.2, 0.25) is 0 Å². The predicted molar refractivity (Wildman–Crippen MR) is 270 cm³/mol. The smallest absolute Gasteiger partial charge is 0.306 e. The zero-order valence-corrected chi connectivity index (χ0v) is 41.1. The number of hydrogen-bond donors (Lipinski definition) is 0. The van der Waals surface area contributed by atoms with Gasteiger partial charge in [-0.05, 0) is 89.9 Å². The number of carbonyl (C=O) groups is 3. The van der Waals surface area contributed by atoms with Crippen LogP contribution in [0, 0.1) is 0 Å². The quantitative estimate of drug-likeness (QED) is 0.0199. The third-order valence-corrected chi connectivity index (χ3v) is 10.9. The van der Waals surface area contributed by atoms with Crippen molar-refractivity contribution in [3.05, 3.63) is 85.1 Å². The van der Waals surface area contributed by atoms with Crippen molar-refractivity contribution in [2.75, 3.05) is 13.2 Å². The predicted octanol–water partition coefficient (Wildman–Crippen LogP) is 17.2. The van der Waals surface area contributed by atoms with Gasteiger partial charge in [0.05, 0.1) is 0 Å². The lowest BCUT2D eigenvalue weighted by Gasteiger charge is -2.18. The SMILES string of the molecule is CC/C=C/C=C/C=C/CCCCCCCCCC(=O)OC(COC(=O)CC/C=C/C/C=C/CCCCCCCC)COC(=O)CCCCCCCCC/C=C/C/C=C/CCCCC. The second-order valence-electron chi connectivity index (χ2n) is 17.1. The Morgan fingerprint density at radius 1 is 0.349 bits per heavy atom. The summed E-state index contributed by atoms with van der Waals surface area (Å²) in [5.74, 6) is -0.994. The molecule has 1 atom stereocenters. The summed E-state index contributed by atoms with van der Waals surface area (Å²) < 4.78 is 16.7. The van der Waals surface area contributed by atoms with Crippen LogP contribution in [0.2, 0.25) is 0 Å². The van der Waals surface area contributed by atoms with Crippen LogP contribution in [0.25, 0.3) is 0 Å². The molecule has 0 N–H and O–H groups in total. The molecule has 0 aliphatic heterocycles.